The summed E-state index contributed by atoms with van der Waals surface area (Å²) in [7, 11) is 0. The molecule has 0 spiro atoms. The smallest absolute Gasteiger partial charge is 0.319 e. The van der Waals surface area contributed by atoms with Crippen LogP contribution in [0, 0.1) is 11.8 Å². The van der Waals surface area contributed by atoms with Crippen molar-refractivity contribution in [3.63, 3.8) is 0 Å². The number of hydrogen-bond acceptors (Lipinski definition) is 7. The van der Waals surface area contributed by atoms with Crippen molar-refractivity contribution in [2.75, 3.05) is 0 Å². The maximum Gasteiger partial charge on any atom is 0.319 e. The molecular formula is C9H14N4O3. The van der Waals surface area contributed by atoms with Gasteiger partial charge < -0.3 is 27.7 Å². The van der Waals surface area contributed by atoms with Gasteiger partial charge in [-0.25, -0.2) is 0 Å². The summed E-state index contributed by atoms with van der Waals surface area (Å²) in [6.07, 6.45) is 0.290. The highest BCUT2D eigenvalue weighted by Crippen LogP contribution is 2.56. The minimum Gasteiger partial charge on any atom is -0.393 e. The molecule has 1 saturated heterocycles. The van der Waals surface area contributed by atoms with Gasteiger partial charge in [-0.15, -0.1) is 0 Å². The normalized spacial score (nSPS) is 59.0. The van der Waals surface area contributed by atoms with Gasteiger partial charge in [0.2, 0.25) is 0 Å². The van der Waals surface area contributed by atoms with E-state index in [1.165, 1.54) is 0 Å². The monoisotopic (exact) mass is 226 g/mol. The molecule has 6 unspecified atom stereocenters. The van der Waals surface area contributed by atoms with Gasteiger partial charge in [0.1, 0.15) is 0 Å². The lowest BCUT2D eigenvalue weighted by Gasteiger charge is -2.40. The second-order valence-electron chi connectivity index (χ2n) is 5.15. The van der Waals surface area contributed by atoms with Gasteiger partial charge in [0.15, 0.2) is 0 Å². The summed E-state index contributed by atoms with van der Waals surface area (Å²) in [4.78, 5) is 23.2. The van der Waals surface area contributed by atoms with Gasteiger partial charge in [-0.1, -0.05) is 0 Å². The third kappa shape index (κ3) is 0.777. The Morgan fingerprint density at radius 1 is 1.00 bits per heavy atom. The molecule has 2 saturated carbocycles. The molecule has 7 nitrogen and oxygen atoms in total. The summed E-state index contributed by atoms with van der Waals surface area (Å²) in [5.74, 6) is -2.71. The summed E-state index contributed by atoms with van der Waals surface area (Å²) < 4.78 is 4.59. The molecular weight excluding hydrogens is 212 g/mol. The van der Waals surface area contributed by atoms with Crippen molar-refractivity contribution in [2.24, 2.45) is 34.8 Å². The fourth-order valence-corrected chi connectivity index (χ4v) is 3.63. The highest BCUT2D eigenvalue weighted by molar-refractivity contribution is 5.99. The Hall–Kier alpha value is -1.02. The predicted molar refractivity (Wildman–Crippen MR) is 52.5 cm³/mol. The van der Waals surface area contributed by atoms with Crippen molar-refractivity contribution >= 4 is 11.9 Å². The number of hydrogen-bond donors (Lipinski definition) is 4. The van der Waals surface area contributed by atoms with Crippen LogP contribution >= 0.6 is 0 Å². The molecule has 1 aliphatic heterocycles. The minimum atomic E-state index is -1.01. The molecule has 6 atom stereocenters. The van der Waals surface area contributed by atoms with E-state index >= 15 is 0 Å². The standard InChI is InChI=1S/C9H14N4O3/c10-4-5(11)9(13)1-8(4,12)2-3(9)7(15)16-6(2)14/h2-5H,1,10-13H2. The van der Waals surface area contributed by atoms with Crippen LogP contribution in [0.15, 0.2) is 0 Å². The molecule has 2 aliphatic carbocycles. The first-order valence-corrected chi connectivity index (χ1v) is 5.17. The van der Waals surface area contributed by atoms with Gasteiger partial charge >= 0.3 is 11.9 Å². The highest BCUT2D eigenvalue weighted by Gasteiger charge is 2.77. The molecule has 0 aromatic rings. The lowest BCUT2D eigenvalue weighted by atomic mass is 9.70. The number of esters is 2. The van der Waals surface area contributed by atoms with Gasteiger partial charge in [0.25, 0.3) is 0 Å². The van der Waals surface area contributed by atoms with Crippen LogP contribution < -0.4 is 22.9 Å². The number of carbonyl (C=O) groups is 2. The Labute approximate surface area is 91.4 Å². The van der Waals surface area contributed by atoms with Crippen molar-refractivity contribution in [3.05, 3.63) is 0 Å². The first-order chi connectivity index (χ1) is 7.32. The first-order valence-electron chi connectivity index (χ1n) is 5.17. The summed E-state index contributed by atoms with van der Waals surface area (Å²) in [6, 6.07) is -1.17. The van der Waals surface area contributed by atoms with Gasteiger partial charge in [0.05, 0.1) is 11.8 Å². The van der Waals surface area contributed by atoms with Crippen molar-refractivity contribution < 1.29 is 14.3 Å². The Kier molecular flexibility index (Phi) is 1.56. The van der Waals surface area contributed by atoms with Crippen LogP contribution in [0.3, 0.4) is 0 Å². The zero-order chi connectivity index (χ0) is 11.9. The lowest BCUT2D eigenvalue weighted by molar-refractivity contribution is -0.155. The molecule has 3 rings (SSSR count). The Morgan fingerprint density at radius 2 is 1.38 bits per heavy atom. The molecule has 1 heterocycles. The summed E-state index contributed by atoms with van der Waals surface area (Å²) in [6.45, 7) is 0. The van der Waals surface area contributed by atoms with Gasteiger partial charge in [0, 0.05) is 23.2 Å². The molecule has 3 fully saturated rings. The second kappa shape index (κ2) is 2.45. The zero-order valence-corrected chi connectivity index (χ0v) is 8.55. The molecule has 0 aromatic carbocycles. The number of ether oxygens (including phenoxy) is 1. The summed E-state index contributed by atoms with van der Waals surface area (Å²) in [5, 5.41) is 0. The van der Waals surface area contributed by atoms with E-state index in [9.17, 15) is 9.59 Å². The molecule has 0 amide bonds. The summed E-state index contributed by atoms with van der Waals surface area (Å²) in [5.41, 5.74) is 22.0. The molecule has 3 aliphatic rings. The molecule has 2 bridgehead atoms. The van der Waals surface area contributed by atoms with Crippen LogP contribution in [0.2, 0.25) is 0 Å². The van der Waals surface area contributed by atoms with E-state index in [0.717, 1.165) is 0 Å². The number of rotatable bonds is 0. The van der Waals surface area contributed by atoms with E-state index in [2.05, 4.69) is 4.74 Å². The Balaban J connectivity index is 2.17. The third-order valence-electron chi connectivity index (χ3n) is 4.44. The molecule has 16 heavy (non-hydrogen) atoms. The molecule has 8 N–H and O–H groups in total. The fraction of sp³-hybridized carbons (Fsp3) is 0.778. The maximum atomic E-state index is 11.6. The molecule has 88 valence electrons. The SMILES string of the molecule is NC1C(N)C2(N)CC1(N)C1C(=O)OC(=O)C12. The average molecular weight is 226 g/mol. The van der Waals surface area contributed by atoms with E-state index in [-0.39, 0.29) is 0 Å². The predicted octanol–water partition coefficient (Wildman–Crippen LogP) is -3.23. The topological polar surface area (TPSA) is 147 Å². The molecule has 0 radical (unpaired) electrons. The zero-order valence-electron chi connectivity index (χ0n) is 8.55. The van der Waals surface area contributed by atoms with E-state index in [4.69, 9.17) is 22.9 Å². The molecule has 7 heteroatoms. The average Bonchev–Trinajstić information content (AvgIpc) is 2.68. The van der Waals surface area contributed by atoms with Crippen LogP contribution in [-0.4, -0.2) is 35.1 Å². The Bertz CT molecular complexity index is 378. The van der Waals surface area contributed by atoms with Crippen LogP contribution in [0.5, 0.6) is 0 Å². The minimum absolute atomic E-state index is 0.290. The lowest BCUT2D eigenvalue weighted by Crippen LogP contribution is -2.70. The van der Waals surface area contributed by atoms with E-state index < -0.39 is 46.9 Å². The van der Waals surface area contributed by atoms with Crippen LogP contribution in [-0.2, 0) is 14.3 Å². The van der Waals surface area contributed by atoms with E-state index in [0.29, 0.717) is 6.42 Å². The number of nitrogens with two attached hydrogens (primary N) is 4. The third-order valence-corrected chi connectivity index (χ3v) is 4.44. The van der Waals surface area contributed by atoms with E-state index in [1.54, 1.807) is 0 Å². The fourth-order valence-electron chi connectivity index (χ4n) is 3.63. The number of cyclic esters (lactones) is 2. The largest absolute Gasteiger partial charge is 0.393 e. The van der Waals surface area contributed by atoms with Gasteiger partial charge in [-0.3, -0.25) is 9.59 Å². The van der Waals surface area contributed by atoms with Crippen LogP contribution in [0.4, 0.5) is 0 Å². The number of fused-ring (bicyclic) bond motifs is 5. The van der Waals surface area contributed by atoms with Crippen molar-refractivity contribution in [1.82, 2.24) is 0 Å². The van der Waals surface area contributed by atoms with Gasteiger partial charge in [-0.2, -0.15) is 0 Å². The highest BCUT2D eigenvalue weighted by atomic mass is 16.6. The van der Waals surface area contributed by atoms with Crippen LogP contribution in [0.1, 0.15) is 6.42 Å². The van der Waals surface area contributed by atoms with Crippen molar-refractivity contribution in [3.8, 4) is 0 Å². The van der Waals surface area contributed by atoms with Crippen molar-refractivity contribution in [2.45, 2.75) is 29.6 Å². The van der Waals surface area contributed by atoms with Crippen LogP contribution in [0.25, 0.3) is 0 Å². The second-order valence-corrected chi connectivity index (χ2v) is 5.15. The van der Waals surface area contributed by atoms with Gasteiger partial charge in [-0.05, 0) is 6.42 Å². The van der Waals surface area contributed by atoms with E-state index in [1.807, 2.05) is 0 Å². The maximum absolute atomic E-state index is 11.6. The Morgan fingerprint density at radius 3 is 1.75 bits per heavy atom. The van der Waals surface area contributed by atoms with Crippen molar-refractivity contribution in [1.29, 1.82) is 0 Å². The molecule has 0 aromatic heterocycles. The quantitative estimate of drug-likeness (QED) is 0.250. The summed E-state index contributed by atoms with van der Waals surface area (Å²) >= 11 is 0. The first kappa shape index (κ1) is 10.2. The number of carbonyl (C=O) groups excluding carboxylic acids is 2.